The number of aliphatic hydroxyl groups is 1. The zero-order chi connectivity index (χ0) is 14.1. The molecule has 2 heterocycles. The molecule has 104 valence electrons. The molecule has 0 aliphatic carbocycles. The molecule has 2 unspecified atom stereocenters. The van der Waals surface area contributed by atoms with E-state index in [2.05, 4.69) is 32.9 Å². The number of hydrogen-bond donors (Lipinski definition) is 1. The van der Waals surface area contributed by atoms with Gasteiger partial charge in [0.15, 0.2) is 0 Å². The van der Waals surface area contributed by atoms with Crippen LogP contribution in [0.5, 0.6) is 0 Å². The van der Waals surface area contributed by atoms with Gasteiger partial charge in [0.2, 0.25) is 0 Å². The number of thiophene rings is 1. The summed E-state index contributed by atoms with van der Waals surface area (Å²) in [5, 5.41) is 20.0. The third-order valence-corrected chi connectivity index (χ3v) is 5.22. The van der Waals surface area contributed by atoms with Crippen molar-refractivity contribution in [3.63, 3.8) is 0 Å². The second-order valence-corrected chi connectivity index (χ2v) is 7.39. The van der Waals surface area contributed by atoms with Gasteiger partial charge in [-0.1, -0.05) is 20.8 Å². The summed E-state index contributed by atoms with van der Waals surface area (Å²) < 4.78 is 5.42. The van der Waals surface area contributed by atoms with Gasteiger partial charge in [-0.2, -0.15) is 5.26 Å². The minimum atomic E-state index is -0.780. The fourth-order valence-electron chi connectivity index (χ4n) is 2.36. The van der Waals surface area contributed by atoms with Crippen LogP contribution in [0.3, 0.4) is 0 Å². The average molecular weight is 279 g/mol. The van der Waals surface area contributed by atoms with E-state index < -0.39 is 11.5 Å². The van der Waals surface area contributed by atoms with Crippen molar-refractivity contribution >= 4 is 11.3 Å². The summed E-state index contributed by atoms with van der Waals surface area (Å²) in [7, 11) is 0. The number of nitrogens with zero attached hydrogens (tertiary/aromatic N) is 1. The first-order valence-electron chi connectivity index (χ1n) is 6.66. The third kappa shape index (κ3) is 2.84. The van der Waals surface area contributed by atoms with Crippen LogP contribution in [0, 0.1) is 16.7 Å². The van der Waals surface area contributed by atoms with Crippen molar-refractivity contribution in [1.82, 2.24) is 0 Å². The summed E-state index contributed by atoms with van der Waals surface area (Å²) in [5.41, 5.74) is -0.705. The average Bonchev–Trinajstić information content (AvgIpc) is 2.88. The van der Waals surface area contributed by atoms with Crippen molar-refractivity contribution in [2.75, 3.05) is 13.2 Å². The first kappa shape index (κ1) is 14.5. The van der Waals surface area contributed by atoms with E-state index in [9.17, 15) is 10.4 Å². The Morgan fingerprint density at radius 3 is 2.68 bits per heavy atom. The molecule has 1 fully saturated rings. The fraction of sp³-hybridized carbons (Fsp3) is 0.667. The summed E-state index contributed by atoms with van der Waals surface area (Å²) in [5.74, 6) is 0. The molecular weight excluding hydrogens is 258 g/mol. The molecule has 1 aliphatic heterocycles. The van der Waals surface area contributed by atoms with Gasteiger partial charge < -0.3 is 9.84 Å². The highest BCUT2D eigenvalue weighted by Gasteiger charge is 2.42. The van der Waals surface area contributed by atoms with Crippen molar-refractivity contribution in [1.29, 1.82) is 5.26 Å². The van der Waals surface area contributed by atoms with Crippen LogP contribution in [0.2, 0.25) is 0 Å². The van der Waals surface area contributed by atoms with Crippen molar-refractivity contribution in [2.24, 2.45) is 5.41 Å². The molecule has 1 N–H and O–H groups in total. The van der Waals surface area contributed by atoms with Crippen LogP contribution >= 0.6 is 11.3 Å². The Labute approximate surface area is 118 Å². The highest BCUT2D eigenvalue weighted by molar-refractivity contribution is 7.12. The predicted octanol–water partition coefficient (Wildman–Crippen LogP) is 3.40. The molecule has 0 saturated carbocycles. The van der Waals surface area contributed by atoms with Gasteiger partial charge in [0.05, 0.1) is 12.7 Å². The maximum absolute atomic E-state index is 10.6. The molecule has 3 nitrogen and oxygen atoms in total. The van der Waals surface area contributed by atoms with Crippen LogP contribution < -0.4 is 0 Å². The lowest BCUT2D eigenvalue weighted by Gasteiger charge is -2.34. The molecule has 1 aliphatic rings. The maximum Gasteiger partial charge on any atom is 0.111 e. The number of hydrogen-bond acceptors (Lipinski definition) is 4. The Balaban J connectivity index is 2.26. The summed E-state index contributed by atoms with van der Waals surface area (Å²) in [6.07, 6.45) is 0.786. The second kappa shape index (κ2) is 5.24. The molecular formula is C15H21NO2S. The number of rotatable bonds is 2. The zero-order valence-corrected chi connectivity index (χ0v) is 12.6. The van der Waals surface area contributed by atoms with E-state index in [-0.39, 0.29) is 5.41 Å². The van der Waals surface area contributed by atoms with E-state index >= 15 is 0 Å². The molecule has 0 bridgehead atoms. The molecule has 1 aromatic heterocycles. The second-order valence-electron chi connectivity index (χ2n) is 6.28. The number of ether oxygens (including phenoxy) is 1. The van der Waals surface area contributed by atoms with Crippen molar-refractivity contribution in [3.8, 4) is 6.07 Å². The molecule has 2 atom stereocenters. The van der Waals surface area contributed by atoms with Gasteiger partial charge in [0.1, 0.15) is 11.5 Å². The van der Waals surface area contributed by atoms with E-state index in [0.717, 1.165) is 11.3 Å². The Morgan fingerprint density at radius 1 is 1.47 bits per heavy atom. The topological polar surface area (TPSA) is 53.2 Å². The van der Waals surface area contributed by atoms with Crippen LogP contribution in [0.1, 0.15) is 49.5 Å². The summed E-state index contributed by atoms with van der Waals surface area (Å²) in [4.78, 5) is 2.10. The van der Waals surface area contributed by atoms with Crippen molar-refractivity contribution in [2.45, 2.75) is 45.1 Å². The van der Waals surface area contributed by atoms with Crippen molar-refractivity contribution < 1.29 is 9.84 Å². The van der Waals surface area contributed by atoms with E-state index in [0.29, 0.717) is 19.6 Å². The molecule has 2 rings (SSSR count). The highest BCUT2D eigenvalue weighted by atomic mass is 32.1. The maximum atomic E-state index is 10.6. The lowest BCUT2D eigenvalue weighted by Crippen LogP contribution is -2.36. The summed E-state index contributed by atoms with van der Waals surface area (Å²) in [6, 6.07) is 6.30. The van der Waals surface area contributed by atoms with Crippen LogP contribution in [0.25, 0.3) is 0 Å². The predicted molar refractivity (Wildman–Crippen MR) is 76.1 cm³/mol. The van der Waals surface area contributed by atoms with Crippen LogP contribution in [-0.2, 0) is 10.2 Å². The third-order valence-electron chi connectivity index (χ3n) is 3.65. The summed E-state index contributed by atoms with van der Waals surface area (Å²) in [6.45, 7) is 7.47. The quantitative estimate of drug-likeness (QED) is 0.902. The minimum Gasteiger partial charge on any atom is -0.386 e. The van der Waals surface area contributed by atoms with Gasteiger partial charge in [-0.3, -0.25) is 0 Å². The highest BCUT2D eigenvalue weighted by Crippen LogP contribution is 2.43. The standard InChI is InChI=1S/C15H21NO2S/c1-14(2,3)12-6-5-11(19-12)13(17)15(9-16)7-4-8-18-10-15/h5-6,13,17H,4,7-8,10H2,1-3H3. The van der Waals surface area contributed by atoms with Crippen LogP contribution in [-0.4, -0.2) is 18.3 Å². The number of nitriles is 1. The molecule has 0 aromatic carbocycles. The normalized spacial score (nSPS) is 25.8. The SMILES string of the molecule is CC(C)(C)c1ccc(C(O)C2(C#N)CCCOC2)s1. The molecule has 0 amide bonds. The Hall–Kier alpha value is -0.890. The molecule has 19 heavy (non-hydrogen) atoms. The lowest BCUT2D eigenvalue weighted by atomic mass is 9.78. The first-order valence-corrected chi connectivity index (χ1v) is 7.48. The lowest BCUT2D eigenvalue weighted by molar-refractivity contribution is -0.0492. The largest absolute Gasteiger partial charge is 0.386 e. The molecule has 0 spiro atoms. The Morgan fingerprint density at radius 2 is 2.21 bits per heavy atom. The summed E-state index contributed by atoms with van der Waals surface area (Å²) >= 11 is 1.60. The van der Waals surface area contributed by atoms with Gasteiger partial charge >= 0.3 is 0 Å². The van der Waals surface area contributed by atoms with Gasteiger partial charge in [-0.25, -0.2) is 0 Å². The van der Waals surface area contributed by atoms with Gasteiger partial charge in [0, 0.05) is 16.4 Å². The van der Waals surface area contributed by atoms with E-state index in [1.807, 2.05) is 6.07 Å². The molecule has 0 radical (unpaired) electrons. The Bertz CT molecular complexity index is 475. The minimum absolute atomic E-state index is 0.0749. The van der Waals surface area contributed by atoms with E-state index in [1.54, 1.807) is 11.3 Å². The van der Waals surface area contributed by atoms with Crippen LogP contribution in [0.4, 0.5) is 0 Å². The first-order chi connectivity index (χ1) is 8.89. The molecule has 1 aromatic rings. The number of aliphatic hydroxyl groups excluding tert-OH is 1. The fourth-order valence-corrected chi connectivity index (χ4v) is 3.53. The van der Waals surface area contributed by atoms with Crippen LogP contribution in [0.15, 0.2) is 12.1 Å². The van der Waals surface area contributed by atoms with E-state index in [4.69, 9.17) is 4.74 Å². The van der Waals surface area contributed by atoms with E-state index in [1.165, 1.54) is 4.88 Å². The van der Waals surface area contributed by atoms with Gasteiger partial charge in [-0.15, -0.1) is 11.3 Å². The zero-order valence-electron chi connectivity index (χ0n) is 11.8. The van der Waals surface area contributed by atoms with Gasteiger partial charge in [0.25, 0.3) is 0 Å². The smallest absolute Gasteiger partial charge is 0.111 e. The van der Waals surface area contributed by atoms with Gasteiger partial charge in [-0.05, 0) is 30.4 Å². The molecule has 1 saturated heterocycles. The van der Waals surface area contributed by atoms with Crippen molar-refractivity contribution in [3.05, 3.63) is 21.9 Å². The molecule has 4 heteroatoms. The monoisotopic (exact) mass is 279 g/mol. The Kier molecular flexibility index (Phi) is 4.00.